The van der Waals surface area contributed by atoms with Crippen LogP contribution in [0.15, 0.2) is 18.2 Å². The fraction of sp³-hybridized carbons (Fsp3) is 0.600. The normalized spacial score (nSPS) is 10.5. The van der Waals surface area contributed by atoms with Crippen LogP contribution in [0.3, 0.4) is 0 Å². The Labute approximate surface area is 120 Å². The number of hydrogen-bond donors (Lipinski definition) is 1. The number of benzene rings is 1. The number of anilines is 1. The summed E-state index contributed by atoms with van der Waals surface area (Å²) in [5, 5.41) is 3.50. The third-order valence-electron chi connectivity index (χ3n) is 3.03. The standard InChI is InChI=1S/C15H24IN/c1-3-4-5-6-7-8-11-17-14-10-9-13(2)15(16)12-14/h9-10,12,17H,3-8,11H2,1-2H3. The minimum atomic E-state index is 1.10. The van der Waals surface area contributed by atoms with Gasteiger partial charge in [0.05, 0.1) is 0 Å². The van der Waals surface area contributed by atoms with E-state index in [9.17, 15) is 0 Å². The van der Waals surface area contributed by atoms with E-state index in [4.69, 9.17) is 0 Å². The van der Waals surface area contributed by atoms with E-state index in [0.29, 0.717) is 0 Å². The zero-order valence-corrected chi connectivity index (χ0v) is 13.2. The average molecular weight is 345 g/mol. The molecule has 0 saturated heterocycles. The lowest BCUT2D eigenvalue weighted by Gasteiger charge is -2.08. The first-order chi connectivity index (χ1) is 8.24. The van der Waals surface area contributed by atoms with Gasteiger partial charge in [-0.25, -0.2) is 0 Å². The summed E-state index contributed by atoms with van der Waals surface area (Å²) in [5.41, 5.74) is 2.62. The molecule has 0 aliphatic carbocycles. The molecule has 0 aliphatic heterocycles. The summed E-state index contributed by atoms with van der Waals surface area (Å²) in [4.78, 5) is 0. The van der Waals surface area contributed by atoms with Crippen molar-refractivity contribution < 1.29 is 0 Å². The third kappa shape index (κ3) is 6.29. The molecule has 0 aromatic heterocycles. The number of nitrogens with one attached hydrogen (secondary N) is 1. The fourth-order valence-electron chi connectivity index (χ4n) is 1.84. The Morgan fingerprint density at radius 3 is 2.47 bits per heavy atom. The average Bonchev–Trinajstić information content (AvgIpc) is 2.32. The minimum Gasteiger partial charge on any atom is -0.385 e. The van der Waals surface area contributed by atoms with Crippen LogP contribution in [0.2, 0.25) is 0 Å². The number of aryl methyl sites for hydroxylation is 1. The highest BCUT2D eigenvalue weighted by molar-refractivity contribution is 14.1. The summed E-state index contributed by atoms with van der Waals surface area (Å²) >= 11 is 2.39. The van der Waals surface area contributed by atoms with E-state index in [1.54, 1.807) is 0 Å². The van der Waals surface area contributed by atoms with E-state index in [1.807, 2.05) is 0 Å². The molecular formula is C15H24IN. The van der Waals surface area contributed by atoms with Gasteiger partial charge < -0.3 is 5.32 Å². The van der Waals surface area contributed by atoms with Crippen LogP contribution in [0, 0.1) is 10.5 Å². The molecule has 0 atom stereocenters. The van der Waals surface area contributed by atoms with Crippen molar-refractivity contribution in [1.82, 2.24) is 0 Å². The largest absolute Gasteiger partial charge is 0.385 e. The highest BCUT2D eigenvalue weighted by Gasteiger charge is 1.96. The lowest BCUT2D eigenvalue weighted by molar-refractivity contribution is 0.617. The molecule has 0 radical (unpaired) electrons. The van der Waals surface area contributed by atoms with Crippen molar-refractivity contribution in [1.29, 1.82) is 0 Å². The Bertz CT molecular complexity index is 323. The molecule has 0 heterocycles. The van der Waals surface area contributed by atoms with Crippen LogP contribution in [-0.4, -0.2) is 6.54 Å². The number of rotatable bonds is 8. The van der Waals surface area contributed by atoms with Crippen LogP contribution < -0.4 is 5.32 Å². The van der Waals surface area contributed by atoms with Crippen LogP contribution in [0.1, 0.15) is 51.0 Å². The van der Waals surface area contributed by atoms with Gasteiger partial charge >= 0.3 is 0 Å². The quantitative estimate of drug-likeness (QED) is 0.493. The molecule has 0 saturated carbocycles. The lowest BCUT2D eigenvalue weighted by atomic mass is 10.1. The van der Waals surface area contributed by atoms with E-state index >= 15 is 0 Å². The summed E-state index contributed by atoms with van der Waals surface area (Å²) in [6.07, 6.45) is 8.16. The predicted octanol–water partition coefficient (Wildman–Crippen LogP) is 5.37. The summed E-state index contributed by atoms with van der Waals surface area (Å²) in [7, 11) is 0. The van der Waals surface area contributed by atoms with Gasteiger partial charge in [-0.1, -0.05) is 45.1 Å². The zero-order valence-electron chi connectivity index (χ0n) is 11.1. The van der Waals surface area contributed by atoms with Crippen molar-refractivity contribution in [2.24, 2.45) is 0 Å². The Kier molecular flexibility index (Phi) is 7.65. The maximum Gasteiger partial charge on any atom is 0.0350 e. The van der Waals surface area contributed by atoms with E-state index in [-0.39, 0.29) is 0 Å². The van der Waals surface area contributed by atoms with Gasteiger partial charge in [0.2, 0.25) is 0 Å². The predicted molar refractivity (Wildman–Crippen MR) is 85.8 cm³/mol. The molecule has 0 amide bonds. The van der Waals surface area contributed by atoms with Gasteiger partial charge in [0, 0.05) is 15.8 Å². The van der Waals surface area contributed by atoms with E-state index in [2.05, 4.69) is 60.0 Å². The van der Waals surface area contributed by atoms with E-state index < -0.39 is 0 Å². The number of unbranched alkanes of at least 4 members (excludes halogenated alkanes) is 5. The molecule has 0 fully saturated rings. The van der Waals surface area contributed by atoms with Crippen LogP contribution in [0.4, 0.5) is 5.69 Å². The smallest absolute Gasteiger partial charge is 0.0350 e. The van der Waals surface area contributed by atoms with Crippen molar-refractivity contribution in [2.75, 3.05) is 11.9 Å². The van der Waals surface area contributed by atoms with Crippen molar-refractivity contribution in [2.45, 2.75) is 52.4 Å². The maximum absolute atomic E-state index is 3.50. The minimum absolute atomic E-state index is 1.10. The Balaban J connectivity index is 2.11. The molecule has 96 valence electrons. The van der Waals surface area contributed by atoms with Crippen LogP contribution in [0.25, 0.3) is 0 Å². The molecule has 0 spiro atoms. The third-order valence-corrected chi connectivity index (χ3v) is 4.19. The summed E-state index contributed by atoms with van der Waals surface area (Å²) < 4.78 is 1.34. The maximum atomic E-state index is 3.50. The second kappa shape index (κ2) is 8.78. The first-order valence-corrected chi connectivity index (χ1v) is 7.82. The Morgan fingerprint density at radius 1 is 1.06 bits per heavy atom. The molecule has 0 bridgehead atoms. The molecule has 1 N–H and O–H groups in total. The number of halogens is 1. The lowest BCUT2D eigenvalue weighted by Crippen LogP contribution is -2.01. The zero-order chi connectivity index (χ0) is 12.5. The number of hydrogen-bond acceptors (Lipinski definition) is 1. The first kappa shape index (κ1) is 14.8. The highest BCUT2D eigenvalue weighted by Crippen LogP contribution is 2.17. The summed E-state index contributed by atoms with van der Waals surface area (Å²) in [6, 6.07) is 6.59. The molecular weight excluding hydrogens is 321 g/mol. The molecule has 0 unspecified atom stereocenters. The molecule has 1 aromatic carbocycles. The second-order valence-electron chi connectivity index (χ2n) is 4.66. The van der Waals surface area contributed by atoms with Crippen LogP contribution in [0.5, 0.6) is 0 Å². The monoisotopic (exact) mass is 345 g/mol. The summed E-state index contributed by atoms with van der Waals surface area (Å²) in [6.45, 7) is 5.52. The van der Waals surface area contributed by atoms with Gasteiger partial charge in [-0.2, -0.15) is 0 Å². The molecule has 1 aromatic rings. The van der Waals surface area contributed by atoms with Gasteiger partial charge in [-0.3, -0.25) is 0 Å². The highest BCUT2D eigenvalue weighted by atomic mass is 127. The SMILES string of the molecule is CCCCCCCCNc1ccc(C)c(I)c1. The van der Waals surface area contributed by atoms with Gasteiger partial charge in [-0.15, -0.1) is 0 Å². The van der Waals surface area contributed by atoms with Gasteiger partial charge in [0.1, 0.15) is 0 Å². The van der Waals surface area contributed by atoms with Gasteiger partial charge in [0.25, 0.3) is 0 Å². The Hall–Kier alpha value is -0.250. The van der Waals surface area contributed by atoms with Crippen molar-refractivity contribution in [3.63, 3.8) is 0 Å². The van der Waals surface area contributed by atoms with Crippen molar-refractivity contribution in [3.05, 3.63) is 27.3 Å². The molecule has 1 nitrogen and oxygen atoms in total. The van der Waals surface area contributed by atoms with E-state index in [0.717, 1.165) is 6.54 Å². The van der Waals surface area contributed by atoms with Crippen molar-refractivity contribution in [3.8, 4) is 0 Å². The van der Waals surface area contributed by atoms with Gasteiger partial charge in [0.15, 0.2) is 0 Å². The van der Waals surface area contributed by atoms with Crippen LogP contribution in [-0.2, 0) is 0 Å². The molecule has 0 aliphatic rings. The first-order valence-electron chi connectivity index (χ1n) is 6.74. The van der Waals surface area contributed by atoms with E-state index in [1.165, 1.54) is 53.3 Å². The molecule has 1 rings (SSSR count). The Morgan fingerprint density at radius 2 is 1.76 bits per heavy atom. The summed E-state index contributed by atoms with van der Waals surface area (Å²) in [5.74, 6) is 0. The second-order valence-corrected chi connectivity index (χ2v) is 5.82. The van der Waals surface area contributed by atoms with Crippen molar-refractivity contribution >= 4 is 28.3 Å². The van der Waals surface area contributed by atoms with Crippen LogP contribution >= 0.6 is 22.6 Å². The topological polar surface area (TPSA) is 12.0 Å². The molecule has 17 heavy (non-hydrogen) atoms. The fourth-order valence-corrected chi connectivity index (χ4v) is 2.36. The van der Waals surface area contributed by atoms with Gasteiger partial charge in [-0.05, 0) is 53.6 Å². The molecule has 2 heteroatoms.